The maximum atomic E-state index is 12.5. The fourth-order valence-electron chi connectivity index (χ4n) is 4.10. The highest BCUT2D eigenvalue weighted by molar-refractivity contribution is 5.78. The zero-order chi connectivity index (χ0) is 15.5. The van der Waals surface area contributed by atoms with Crippen LogP contribution in [0.15, 0.2) is 30.3 Å². The van der Waals surface area contributed by atoms with Crippen molar-refractivity contribution in [1.29, 1.82) is 0 Å². The number of benzene rings is 1. The van der Waals surface area contributed by atoms with Gasteiger partial charge in [-0.3, -0.25) is 9.69 Å². The van der Waals surface area contributed by atoms with Crippen molar-refractivity contribution < 1.29 is 4.79 Å². The maximum Gasteiger partial charge on any atom is 0.225 e. The van der Waals surface area contributed by atoms with Crippen molar-refractivity contribution in [3.05, 3.63) is 35.9 Å². The van der Waals surface area contributed by atoms with Gasteiger partial charge in [0.2, 0.25) is 5.91 Å². The summed E-state index contributed by atoms with van der Waals surface area (Å²) >= 11 is 0. The summed E-state index contributed by atoms with van der Waals surface area (Å²) in [5.41, 5.74) is 1.38. The summed E-state index contributed by atoms with van der Waals surface area (Å²) in [5.74, 6) is 0.457. The van der Waals surface area contributed by atoms with Crippen LogP contribution in [0.4, 0.5) is 0 Å². The number of carbonyl (C=O) groups excluding carboxylic acids is 1. The van der Waals surface area contributed by atoms with Gasteiger partial charge in [0.25, 0.3) is 0 Å². The average molecular weight is 300 g/mol. The van der Waals surface area contributed by atoms with E-state index in [9.17, 15) is 4.79 Å². The zero-order valence-electron chi connectivity index (χ0n) is 13.9. The van der Waals surface area contributed by atoms with E-state index in [4.69, 9.17) is 0 Å². The Morgan fingerprint density at radius 1 is 1.09 bits per heavy atom. The van der Waals surface area contributed by atoms with Crippen LogP contribution in [0.2, 0.25) is 0 Å². The molecule has 3 rings (SSSR count). The Kier molecular flexibility index (Phi) is 4.82. The van der Waals surface area contributed by atoms with Crippen molar-refractivity contribution in [2.45, 2.75) is 58.2 Å². The molecule has 0 radical (unpaired) electrons. The van der Waals surface area contributed by atoms with Crippen LogP contribution in [0.1, 0.15) is 45.1 Å². The minimum atomic E-state index is 0.115. The first-order valence-corrected chi connectivity index (χ1v) is 8.75. The molecule has 22 heavy (non-hydrogen) atoms. The third kappa shape index (κ3) is 3.19. The molecule has 0 saturated carbocycles. The number of rotatable bonds is 4. The Bertz CT molecular complexity index is 499. The summed E-state index contributed by atoms with van der Waals surface area (Å²) in [4.78, 5) is 17.3. The maximum absolute atomic E-state index is 12.5. The van der Waals surface area contributed by atoms with Gasteiger partial charge in [-0.05, 0) is 37.8 Å². The molecule has 0 aromatic heterocycles. The van der Waals surface area contributed by atoms with Crippen LogP contribution in [-0.4, -0.2) is 40.9 Å². The van der Waals surface area contributed by atoms with E-state index < -0.39 is 0 Å². The highest BCUT2D eigenvalue weighted by Gasteiger charge is 2.39. The van der Waals surface area contributed by atoms with Gasteiger partial charge in [-0.2, -0.15) is 0 Å². The lowest BCUT2D eigenvalue weighted by atomic mass is 10.0. The first-order chi connectivity index (χ1) is 10.7. The summed E-state index contributed by atoms with van der Waals surface area (Å²) in [6.07, 6.45) is 4.84. The topological polar surface area (TPSA) is 23.6 Å². The molecule has 1 aromatic carbocycles. The summed E-state index contributed by atoms with van der Waals surface area (Å²) in [6, 6.07) is 11.7. The van der Waals surface area contributed by atoms with Crippen LogP contribution >= 0.6 is 0 Å². The number of likely N-dealkylation sites (tertiary alicyclic amines) is 2. The third-order valence-corrected chi connectivity index (χ3v) is 5.16. The lowest BCUT2D eigenvalue weighted by molar-refractivity contribution is -0.136. The Morgan fingerprint density at radius 2 is 1.77 bits per heavy atom. The van der Waals surface area contributed by atoms with Crippen LogP contribution in [0.25, 0.3) is 0 Å². The highest BCUT2D eigenvalue weighted by Crippen LogP contribution is 2.31. The summed E-state index contributed by atoms with van der Waals surface area (Å²) in [5, 5.41) is 0. The van der Waals surface area contributed by atoms with Gasteiger partial charge in [0.05, 0.1) is 0 Å². The molecule has 2 unspecified atom stereocenters. The average Bonchev–Trinajstić information content (AvgIpc) is 3.15. The second-order valence-corrected chi connectivity index (χ2v) is 7.06. The second kappa shape index (κ2) is 6.82. The molecule has 0 spiro atoms. The fourth-order valence-corrected chi connectivity index (χ4v) is 4.10. The van der Waals surface area contributed by atoms with E-state index in [2.05, 4.69) is 40.1 Å². The van der Waals surface area contributed by atoms with Gasteiger partial charge >= 0.3 is 0 Å². The van der Waals surface area contributed by atoms with Crippen molar-refractivity contribution in [3.63, 3.8) is 0 Å². The smallest absolute Gasteiger partial charge is 0.225 e. The largest absolute Gasteiger partial charge is 0.338 e. The Hall–Kier alpha value is -1.35. The van der Waals surface area contributed by atoms with Crippen molar-refractivity contribution in [1.82, 2.24) is 9.80 Å². The van der Waals surface area contributed by atoms with Crippen LogP contribution in [-0.2, 0) is 11.3 Å². The Balaban J connectivity index is 1.71. The number of hydrogen-bond donors (Lipinski definition) is 0. The number of hydrogen-bond acceptors (Lipinski definition) is 2. The molecule has 2 heterocycles. The highest BCUT2D eigenvalue weighted by atomic mass is 16.2. The van der Waals surface area contributed by atoms with E-state index in [1.54, 1.807) is 0 Å². The van der Waals surface area contributed by atoms with Crippen LogP contribution in [0.3, 0.4) is 0 Å². The lowest BCUT2D eigenvalue weighted by Gasteiger charge is -2.36. The van der Waals surface area contributed by atoms with Gasteiger partial charge in [-0.15, -0.1) is 0 Å². The molecule has 0 bridgehead atoms. The number of carbonyl (C=O) groups is 1. The Morgan fingerprint density at radius 3 is 2.50 bits per heavy atom. The van der Waals surface area contributed by atoms with Crippen molar-refractivity contribution in [2.75, 3.05) is 13.1 Å². The predicted octanol–water partition coefficient (Wildman–Crippen LogP) is 3.30. The molecule has 120 valence electrons. The molecular weight excluding hydrogens is 272 g/mol. The molecule has 0 aliphatic carbocycles. The SMILES string of the molecule is CC(C)C(=O)N1CCCC1C1CCCN1Cc1ccccc1. The molecule has 1 aromatic rings. The molecule has 2 aliphatic rings. The van der Waals surface area contributed by atoms with Crippen LogP contribution in [0, 0.1) is 5.92 Å². The van der Waals surface area contributed by atoms with Gasteiger partial charge in [-0.1, -0.05) is 44.2 Å². The molecule has 2 fully saturated rings. The number of nitrogens with zero attached hydrogens (tertiary/aromatic N) is 2. The van der Waals surface area contributed by atoms with Gasteiger partial charge in [0, 0.05) is 31.1 Å². The standard InChI is InChI=1S/C19H28N2O/c1-15(2)19(22)21-13-7-11-18(21)17-10-6-12-20(17)14-16-8-4-3-5-9-16/h3-5,8-9,15,17-18H,6-7,10-14H2,1-2H3. The minimum Gasteiger partial charge on any atom is -0.338 e. The minimum absolute atomic E-state index is 0.115. The second-order valence-electron chi connectivity index (χ2n) is 7.06. The first kappa shape index (κ1) is 15.5. The normalized spacial score (nSPS) is 26.0. The summed E-state index contributed by atoms with van der Waals surface area (Å²) in [6.45, 7) is 7.19. The van der Waals surface area contributed by atoms with E-state index in [-0.39, 0.29) is 5.92 Å². The van der Waals surface area contributed by atoms with Crippen LogP contribution in [0.5, 0.6) is 0 Å². The van der Waals surface area contributed by atoms with E-state index in [0.29, 0.717) is 18.0 Å². The summed E-state index contributed by atoms with van der Waals surface area (Å²) in [7, 11) is 0. The quantitative estimate of drug-likeness (QED) is 0.852. The molecule has 3 nitrogen and oxygen atoms in total. The van der Waals surface area contributed by atoms with E-state index in [1.165, 1.54) is 37.8 Å². The van der Waals surface area contributed by atoms with Crippen molar-refractivity contribution >= 4 is 5.91 Å². The monoisotopic (exact) mass is 300 g/mol. The molecule has 2 aliphatic heterocycles. The molecule has 3 heteroatoms. The number of amides is 1. The first-order valence-electron chi connectivity index (χ1n) is 8.75. The Labute approximate surface area is 134 Å². The molecule has 1 amide bonds. The van der Waals surface area contributed by atoms with Crippen molar-refractivity contribution in [3.8, 4) is 0 Å². The molecular formula is C19H28N2O. The molecule has 2 atom stereocenters. The third-order valence-electron chi connectivity index (χ3n) is 5.16. The van der Waals surface area contributed by atoms with E-state index in [1.807, 2.05) is 13.8 Å². The van der Waals surface area contributed by atoms with Crippen LogP contribution < -0.4 is 0 Å². The molecule has 2 saturated heterocycles. The van der Waals surface area contributed by atoms with E-state index >= 15 is 0 Å². The fraction of sp³-hybridized carbons (Fsp3) is 0.632. The van der Waals surface area contributed by atoms with Gasteiger partial charge in [-0.25, -0.2) is 0 Å². The predicted molar refractivity (Wildman–Crippen MR) is 89.4 cm³/mol. The van der Waals surface area contributed by atoms with Crippen molar-refractivity contribution in [2.24, 2.45) is 5.92 Å². The zero-order valence-corrected chi connectivity index (χ0v) is 13.9. The van der Waals surface area contributed by atoms with Gasteiger partial charge < -0.3 is 4.90 Å². The van der Waals surface area contributed by atoms with Gasteiger partial charge in [0.1, 0.15) is 0 Å². The summed E-state index contributed by atoms with van der Waals surface area (Å²) < 4.78 is 0. The van der Waals surface area contributed by atoms with E-state index in [0.717, 1.165) is 13.1 Å². The van der Waals surface area contributed by atoms with Gasteiger partial charge in [0.15, 0.2) is 0 Å². The lowest BCUT2D eigenvalue weighted by Crippen LogP contribution is -2.49. The molecule has 0 N–H and O–H groups in total.